The molecule has 2 amide bonds. The fourth-order valence-electron chi connectivity index (χ4n) is 2.14. The number of likely N-dealkylation sites (N-methyl/N-ethyl adjacent to an activating group) is 1. The van der Waals surface area contributed by atoms with Gasteiger partial charge in [0.2, 0.25) is 12.5 Å². The summed E-state index contributed by atoms with van der Waals surface area (Å²) < 4.78 is 15.2. The first-order chi connectivity index (χ1) is 9.29. The number of amides is 2. The van der Waals surface area contributed by atoms with Crippen LogP contribution in [0.1, 0.15) is 26.5 Å². The van der Waals surface area contributed by atoms with Gasteiger partial charge in [-0.05, 0) is 0 Å². The SMILES string of the molecule is CN1C(=O)N(c2cc(C(C)(C)C)on2)[C@H]2OC(=O)O[C@H]21. The average Bonchev–Trinajstić information content (AvgIpc) is 2.99. The van der Waals surface area contributed by atoms with Crippen LogP contribution in [0.5, 0.6) is 0 Å². The lowest BCUT2D eigenvalue weighted by molar-refractivity contribution is 0.0670. The fourth-order valence-corrected chi connectivity index (χ4v) is 2.14. The Morgan fingerprint density at radius 1 is 1.20 bits per heavy atom. The highest BCUT2D eigenvalue weighted by molar-refractivity contribution is 5.95. The molecule has 8 heteroatoms. The van der Waals surface area contributed by atoms with Crippen molar-refractivity contribution in [1.82, 2.24) is 10.1 Å². The standard InChI is InChI=1S/C12H15N3O5/c1-12(2,3)6-5-7(13-20-6)15-9-8(14(4)10(15)16)18-11(17)19-9/h5,8-9H,1-4H3/t8-,9+/m1/s1. The second-order valence-electron chi connectivity index (χ2n) is 5.83. The Balaban J connectivity index is 1.95. The molecule has 0 spiro atoms. The third kappa shape index (κ3) is 1.71. The van der Waals surface area contributed by atoms with Crippen LogP contribution in [0.3, 0.4) is 0 Å². The van der Waals surface area contributed by atoms with Crippen molar-refractivity contribution >= 4 is 18.0 Å². The predicted octanol–water partition coefficient (Wildman–Crippen LogP) is 1.66. The van der Waals surface area contributed by atoms with E-state index >= 15 is 0 Å². The van der Waals surface area contributed by atoms with Crippen molar-refractivity contribution in [3.63, 3.8) is 0 Å². The summed E-state index contributed by atoms with van der Waals surface area (Å²) in [5.41, 5.74) is -0.234. The minimum atomic E-state index is -0.835. The molecule has 0 saturated carbocycles. The quantitative estimate of drug-likeness (QED) is 0.728. The zero-order chi connectivity index (χ0) is 14.7. The molecule has 0 radical (unpaired) electrons. The fraction of sp³-hybridized carbons (Fsp3) is 0.583. The molecule has 2 atom stereocenters. The number of anilines is 1. The molecule has 8 nitrogen and oxygen atoms in total. The van der Waals surface area contributed by atoms with E-state index in [-0.39, 0.29) is 11.4 Å². The van der Waals surface area contributed by atoms with Gasteiger partial charge in [0.05, 0.1) is 0 Å². The number of aromatic nitrogens is 1. The van der Waals surface area contributed by atoms with E-state index in [0.29, 0.717) is 11.6 Å². The Labute approximate surface area is 115 Å². The van der Waals surface area contributed by atoms with Gasteiger partial charge in [0.25, 0.3) is 0 Å². The van der Waals surface area contributed by atoms with Crippen LogP contribution >= 0.6 is 0 Å². The van der Waals surface area contributed by atoms with Crippen LogP contribution in [0.2, 0.25) is 0 Å². The second-order valence-corrected chi connectivity index (χ2v) is 5.83. The number of rotatable bonds is 1. The highest BCUT2D eigenvalue weighted by Crippen LogP contribution is 2.35. The van der Waals surface area contributed by atoms with E-state index in [2.05, 4.69) is 5.16 Å². The van der Waals surface area contributed by atoms with Crippen LogP contribution in [0, 0.1) is 0 Å². The van der Waals surface area contributed by atoms with E-state index in [4.69, 9.17) is 14.0 Å². The number of fused-ring (bicyclic) bond motifs is 1. The normalized spacial score (nSPS) is 25.8. The summed E-state index contributed by atoms with van der Waals surface area (Å²) in [6.45, 7) is 5.91. The number of hydrogen-bond donors (Lipinski definition) is 0. The van der Waals surface area contributed by atoms with Crippen molar-refractivity contribution in [2.45, 2.75) is 38.6 Å². The van der Waals surface area contributed by atoms with Gasteiger partial charge in [0, 0.05) is 18.5 Å². The largest absolute Gasteiger partial charge is 0.512 e. The molecule has 0 bridgehead atoms. The van der Waals surface area contributed by atoms with Crippen LogP contribution < -0.4 is 4.90 Å². The average molecular weight is 281 g/mol. The molecule has 0 aliphatic carbocycles. The van der Waals surface area contributed by atoms with Gasteiger partial charge in [-0.25, -0.2) is 14.5 Å². The van der Waals surface area contributed by atoms with Crippen molar-refractivity contribution in [1.29, 1.82) is 0 Å². The maximum absolute atomic E-state index is 12.2. The first-order valence-corrected chi connectivity index (χ1v) is 6.19. The topological polar surface area (TPSA) is 85.1 Å². The van der Waals surface area contributed by atoms with E-state index in [1.54, 1.807) is 6.07 Å². The number of carbonyl (C=O) groups is 2. The molecule has 0 unspecified atom stereocenters. The van der Waals surface area contributed by atoms with E-state index in [1.807, 2.05) is 20.8 Å². The number of ether oxygens (including phenoxy) is 2. The zero-order valence-electron chi connectivity index (χ0n) is 11.6. The van der Waals surface area contributed by atoms with Gasteiger partial charge < -0.3 is 14.0 Å². The van der Waals surface area contributed by atoms with E-state index in [9.17, 15) is 9.59 Å². The summed E-state index contributed by atoms with van der Waals surface area (Å²) >= 11 is 0. The minimum Gasteiger partial charge on any atom is -0.404 e. The smallest absolute Gasteiger partial charge is 0.404 e. The Hall–Kier alpha value is -2.25. The number of urea groups is 1. The molecule has 3 rings (SSSR count). The van der Waals surface area contributed by atoms with E-state index in [1.165, 1.54) is 16.8 Å². The Kier molecular flexibility index (Phi) is 2.47. The molecule has 2 aliphatic rings. The molecule has 3 heterocycles. The molecule has 1 aromatic heterocycles. The van der Waals surface area contributed by atoms with Gasteiger partial charge in [0.1, 0.15) is 5.76 Å². The van der Waals surface area contributed by atoms with E-state index in [0.717, 1.165) is 0 Å². The molecule has 108 valence electrons. The van der Waals surface area contributed by atoms with Gasteiger partial charge in [-0.15, -0.1) is 0 Å². The number of nitrogens with zero attached hydrogens (tertiary/aromatic N) is 3. The van der Waals surface area contributed by atoms with Crippen molar-refractivity contribution < 1.29 is 23.6 Å². The predicted molar refractivity (Wildman–Crippen MR) is 66.0 cm³/mol. The molecule has 1 aromatic rings. The van der Waals surface area contributed by atoms with Crippen LogP contribution in [-0.4, -0.2) is 41.7 Å². The minimum absolute atomic E-state index is 0.234. The summed E-state index contributed by atoms with van der Waals surface area (Å²) in [4.78, 5) is 25.9. The lowest BCUT2D eigenvalue weighted by atomic mass is 9.93. The Bertz CT molecular complexity index is 576. The summed E-state index contributed by atoms with van der Waals surface area (Å²) in [7, 11) is 1.53. The summed E-state index contributed by atoms with van der Waals surface area (Å²) in [5, 5.41) is 3.89. The molecule has 2 saturated heterocycles. The third-order valence-corrected chi connectivity index (χ3v) is 3.31. The highest BCUT2D eigenvalue weighted by Gasteiger charge is 2.55. The maximum atomic E-state index is 12.2. The van der Waals surface area contributed by atoms with Gasteiger partial charge in [-0.2, -0.15) is 0 Å². The second kappa shape index (κ2) is 3.87. The van der Waals surface area contributed by atoms with Gasteiger partial charge in [-0.1, -0.05) is 25.9 Å². The van der Waals surface area contributed by atoms with Crippen LogP contribution in [0.15, 0.2) is 10.6 Å². The lowest BCUT2D eigenvalue weighted by Crippen LogP contribution is -2.36. The monoisotopic (exact) mass is 281 g/mol. The van der Waals surface area contributed by atoms with Crippen molar-refractivity contribution in [3.8, 4) is 0 Å². The number of carbonyl (C=O) groups excluding carboxylic acids is 2. The number of hydrogen-bond acceptors (Lipinski definition) is 6. The Morgan fingerprint density at radius 3 is 2.45 bits per heavy atom. The van der Waals surface area contributed by atoms with Gasteiger partial charge in [-0.3, -0.25) is 4.90 Å². The zero-order valence-corrected chi connectivity index (χ0v) is 11.6. The highest BCUT2D eigenvalue weighted by atomic mass is 16.8. The Morgan fingerprint density at radius 2 is 1.85 bits per heavy atom. The van der Waals surface area contributed by atoms with Crippen molar-refractivity contribution in [3.05, 3.63) is 11.8 Å². The first-order valence-electron chi connectivity index (χ1n) is 6.19. The van der Waals surface area contributed by atoms with Crippen molar-refractivity contribution in [2.24, 2.45) is 0 Å². The first kappa shape index (κ1) is 12.8. The molecule has 0 N–H and O–H groups in total. The van der Waals surface area contributed by atoms with Crippen LogP contribution in [-0.2, 0) is 14.9 Å². The summed E-state index contributed by atoms with van der Waals surface area (Å²) in [6, 6.07) is 1.31. The lowest BCUT2D eigenvalue weighted by Gasteiger charge is -2.16. The summed E-state index contributed by atoms with van der Waals surface area (Å²) in [5.74, 6) is 0.939. The van der Waals surface area contributed by atoms with Crippen LogP contribution in [0.4, 0.5) is 15.4 Å². The molecule has 2 aliphatic heterocycles. The van der Waals surface area contributed by atoms with Gasteiger partial charge >= 0.3 is 12.2 Å². The van der Waals surface area contributed by atoms with Crippen molar-refractivity contribution in [2.75, 3.05) is 11.9 Å². The van der Waals surface area contributed by atoms with Gasteiger partial charge in [0.15, 0.2) is 5.82 Å². The maximum Gasteiger partial charge on any atom is 0.512 e. The van der Waals surface area contributed by atoms with Crippen LogP contribution in [0.25, 0.3) is 0 Å². The summed E-state index contributed by atoms with van der Waals surface area (Å²) in [6.07, 6.45) is -2.40. The molecular weight excluding hydrogens is 266 g/mol. The van der Waals surface area contributed by atoms with E-state index < -0.39 is 18.6 Å². The molecule has 20 heavy (non-hydrogen) atoms. The molecule has 2 fully saturated rings. The third-order valence-electron chi connectivity index (χ3n) is 3.31. The molecule has 0 aromatic carbocycles. The molecular formula is C12H15N3O5.